The number of benzene rings is 1. The average molecular weight is 332 g/mol. The molecule has 0 aromatic heterocycles. The van der Waals surface area contributed by atoms with Gasteiger partial charge in [0.1, 0.15) is 5.75 Å². The molecule has 5 nitrogen and oxygen atoms in total. The normalized spacial score (nSPS) is 17.5. The van der Waals surface area contributed by atoms with Gasteiger partial charge in [-0.3, -0.25) is 9.59 Å². The number of amides is 2. The molecule has 0 N–H and O–H groups in total. The SMILES string of the molecule is COc1ccc(CN(CCC(=O)N2CCCC(C)C2)C(C)=O)cc1. The summed E-state index contributed by atoms with van der Waals surface area (Å²) in [6.07, 6.45) is 2.67. The average Bonchev–Trinajstić information content (AvgIpc) is 2.58. The molecule has 1 saturated heterocycles. The first-order valence-electron chi connectivity index (χ1n) is 8.66. The Balaban J connectivity index is 1.88. The highest BCUT2D eigenvalue weighted by atomic mass is 16.5. The number of nitrogens with zero attached hydrogens (tertiary/aromatic N) is 2. The van der Waals surface area contributed by atoms with Crippen molar-refractivity contribution in [1.82, 2.24) is 9.80 Å². The van der Waals surface area contributed by atoms with E-state index in [2.05, 4.69) is 6.92 Å². The molecule has 1 atom stereocenters. The lowest BCUT2D eigenvalue weighted by atomic mass is 10.00. The van der Waals surface area contributed by atoms with Crippen molar-refractivity contribution in [1.29, 1.82) is 0 Å². The largest absolute Gasteiger partial charge is 0.497 e. The van der Waals surface area contributed by atoms with Crippen LogP contribution in [0.1, 0.15) is 38.7 Å². The van der Waals surface area contributed by atoms with Gasteiger partial charge in [-0.05, 0) is 36.5 Å². The Kier molecular flexibility index (Phi) is 6.64. The fraction of sp³-hybridized carbons (Fsp3) is 0.579. The molecule has 132 valence electrons. The molecule has 2 rings (SSSR count). The van der Waals surface area contributed by atoms with Crippen LogP contribution in [0.25, 0.3) is 0 Å². The maximum atomic E-state index is 12.4. The smallest absolute Gasteiger partial charge is 0.224 e. The summed E-state index contributed by atoms with van der Waals surface area (Å²) in [5, 5.41) is 0. The molecule has 1 fully saturated rings. The Morgan fingerprint density at radius 1 is 1.29 bits per heavy atom. The summed E-state index contributed by atoms with van der Waals surface area (Å²) < 4.78 is 5.15. The minimum atomic E-state index is -0.00868. The van der Waals surface area contributed by atoms with Gasteiger partial charge < -0.3 is 14.5 Å². The van der Waals surface area contributed by atoms with Crippen LogP contribution in [0, 0.1) is 5.92 Å². The quantitative estimate of drug-likeness (QED) is 0.805. The number of rotatable bonds is 6. The highest BCUT2D eigenvalue weighted by Crippen LogP contribution is 2.17. The predicted molar refractivity (Wildman–Crippen MR) is 93.7 cm³/mol. The minimum absolute atomic E-state index is 0.00868. The first kappa shape index (κ1) is 18.3. The third-order valence-corrected chi connectivity index (χ3v) is 4.58. The van der Waals surface area contributed by atoms with Gasteiger partial charge in [0.25, 0.3) is 0 Å². The van der Waals surface area contributed by atoms with Crippen molar-refractivity contribution < 1.29 is 14.3 Å². The summed E-state index contributed by atoms with van der Waals surface area (Å²) in [7, 11) is 1.63. The van der Waals surface area contributed by atoms with Gasteiger partial charge in [0, 0.05) is 39.5 Å². The van der Waals surface area contributed by atoms with Crippen LogP contribution in [0.3, 0.4) is 0 Å². The van der Waals surface area contributed by atoms with E-state index in [4.69, 9.17) is 4.74 Å². The van der Waals surface area contributed by atoms with Crippen LogP contribution in [-0.2, 0) is 16.1 Å². The van der Waals surface area contributed by atoms with Gasteiger partial charge in [0.2, 0.25) is 11.8 Å². The molecule has 1 unspecified atom stereocenters. The number of ether oxygens (including phenoxy) is 1. The summed E-state index contributed by atoms with van der Waals surface area (Å²) >= 11 is 0. The van der Waals surface area contributed by atoms with Crippen molar-refractivity contribution in [3.63, 3.8) is 0 Å². The van der Waals surface area contributed by atoms with Gasteiger partial charge in [0.15, 0.2) is 0 Å². The zero-order valence-electron chi connectivity index (χ0n) is 15.0. The van der Waals surface area contributed by atoms with Crippen LogP contribution < -0.4 is 4.74 Å². The Labute approximate surface area is 144 Å². The molecule has 1 aliphatic rings. The van der Waals surface area contributed by atoms with E-state index in [1.807, 2.05) is 29.2 Å². The minimum Gasteiger partial charge on any atom is -0.497 e. The van der Waals surface area contributed by atoms with E-state index in [1.165, 1.54) is 6.42 Å². The van der Waals surface area contributed by atoms with E-state index in [-0.39, 0.29) is 11.8 Å². The number of methoxy groups -OCH3 is 1. The maximum Gasteiger partial charge on any atom is 0.224 e. The molecule has 1 heterocycles. The topological polar surface area (TPSA) is 49.9 Å². The van der Waals surface area contributed by atoms with Gasteiger partial charge in [0.05, 0.1) is 7.11 Å². The van der Waals surface area contributed by atoms with Crippen molar-refractivity contribution >= 4 is 11.8 Å². The summed E-state index contributed by atoms with van der Waals surface area (Å²) in [5.74, 6) is 1.52. The number of likely N-dealkylation sites (tertiary alicyclic amines) is 1. The Morgan fingerprint density at radius 2 is 2.00 bits per heavy atom. The molecule has 2 amide bonds. The predicted octanol–water partition coefficient (Wildman–Crippen LogP) is 2.69. The van der Waals surface area contributed by atoms with Gasteiger partial charge in [-0.1, -0.05) is 19.1 Å². The fourth-order valence-electron chi connectivity index (χ4n) is 3.10. The molecule has 5 heteroatoms. The molecular weight excluding hydrogens is 304 g/mol. The molecule has 1 aromatic rings. The number of piperidine rings is 1. The lowest BCUT2D eigenvalue weighted by Crippen LogP contribution is -2.41. The molecule has 0 bridgehead atoms. The molecule has 1 aromatic carbocycles. The Morgan fingerprint density at radius 3 is 2.58 bits per heavy atom. The second-order valence-electron chi connectivity index (χ2n) is 6.63. The van der Waals surface area contributed by atoms with Crippen molar-refractivity contribution in [3.8, 4) is 5.75 Å². The van der Waals surface area contributed by atoms with Crippen molar-refractivity contribution in [2.24, 2.45) is 5.92 Å². The molecule has 0 radical (unpaired) electrons. The standard InChI is InChI=1S/C19H28N2O3/c1-15-5-4-11-21(13-15)19(23)10-12-20(16(2)22)14-17-6-8-18(24-3)9-7-17/h6-9,15H,4-5,10-14H2,1-3H3. The number of carbonyl (C=O) groups excluding carboxylic acids is 2. The van der Waals surface area contributed by atoms with Crippen LogP contribution in [0.15, 0.2) is 24.3 Å². The highest BCUT2D eigenvalue weighted by molar-refractivity contribution is 5.78. The molecule has 24 heavy (non-hydrogen) atoms. The van der Waals surface area contributed by atoms with Crippen molar-refractivity contribution in [2.45, 2.75) is 39.7 Å². The van der Waals surface area contributed by atoms with Crippen LogP contribution in [0.4, 0.5) is 0 Å². The second-order valence-corrected chi connectivity index (χ2v) is 6.63. The summed E-state index contributed by atoms with van der Waals surface area (Å²) in [5.41, 5.74) is 1.03. The zero-order chi connectivity index (χ0) is 17.5. The van der Waals surface area contributed by atoms with Crippen molar-refractivity contribution in [3.05, 3.63) is 29.8 Å². The maximum absolute atomic E-state index is 12.4. The number of carbonyl (C=O) groups is 2. The van der Waals surface area contributed by atoms with Gasteiger partial charge in [-0.15, -0.1) is 0 Å². The van der Waals surface area contributed by atoms with E-state index >= 15 is 0 Å². The summed E-state index contributed by atoms with van der Waals surface area (Å²) in [4.78, 5) is 27.9. The monoisotopic (exact) mass is 332 g/mol. The third-order valence-electron chi connectivity index (χ3n) is 4.58. The van der Waals surface area contributed by atoms with Crippen LogP contribution >= 0.6 is 0 Å². The first-order valence-corrected chi connectivity index (χ1v) is 8.66. The van der Waals surface area contributed by atoms with Crippen molar-refractivity contribution in [2.75, 3.05) is 26.7 Å². The summed E-state index contributed by atoms with van der Waals surface area (Å²) in [6.45, 7) is 6.41. The third kappa shape index (κ3) is 5.25. The number of hydrogen-bond donors (Lipinski definition) is 0. The van der Waals surface area contributed by atoms with Gasteiger partial charge in [-0.2, -0.15) is 0 Å². The first-order chi connectivity index (χ1) is 11.5. The highest BCUT2D eigenvalue weighted by Gasteiger charge is 2.21. The van der Waals surface area contributed by atoms with E-state index in [1.54, 1.807) is 18.9 Å². The summed E-state index contributed by atoms with van der Waals surface area (Å²) in [6, 6.07) is 7.66. The molecular formula is C19H28N2O3. The van der Waals surface area contributed by atoms with Gasteiger partial charge >= 0.3 is 0 Å². The van der Waals surface area contributed by atoms with E-state index in [9.17, 15) is 9.59 Å². The molecule has 0 spiro atoms. The number of hydrogen-bond acceptors (Lipinski definition) is 3. The van der Waals surface area contributed by atoms with Crippen LogP contribution in [-0.4, -0.2) is 48.4 Å². The molecule has 0 saturated carbocycles. The lowest BCUT2D eigenvalue weighted by Gasteiger charge is -2.31. The van der Waals surface area contributed by atoms with Crippen LogP contribution in [0.2, 0.25) is 0 Å². The van der Waals surface area contributed by atoms with E-state index in [0.717, 1.165) is 30.8 Å². The Bertz CT molecular complexity index is 556. The Hall–Kier alpha value is -2.04. The molecule has 0 aliphatic carbocycles. The van der Waals surface area contributed by atoms with E-state index in [0.29, 0.717) is 25.4 Å². The fourth-order valence-corrected chi connectivity index (χ4v) is 3.10. The van der Waals surface area contributed by atoms with Gasteiger partial charge in [-0.25, -0.2) is 0 Å². The van der Waals surface area contributed by atoms with E-state index < -0.39 is 0 Å². The second kappa shape index (κ2) is 8.71. The molecule has 1 aliphatic heterocycles. The zero-order valence-corrected chi connectivity index (χ0v) is 15.0. The lowest BCUT2D eigenvalue weighted by molar-refractivity contribution is -0.135. The van der Waals surface area contributed by atoms with Crippen LogP contribution in [0.5, 0.6) is 5.75 Å².